The second-order valence-electron chi connectivity index (χ2n) is 8.17. The van der Waals surface area contributed by atoms with E-state index in [1.54, 1.807) is 0 Å². The van der Waals surface area contributed by atoms with Crippen molar-refractivity contribution in [3.05, 3.63) is 69.8 Å². The number of aliphatic hydroxyl groups is 1. The Hall–Kier alpha value is -1.64. The Morgan fingerprint density at radius 3 is 1.74 bits per heavy atom. The van der Waals surface area contributed by atoms with Crippen LogP contribution in [0.15, 0.2) is 36.4 Å². The van der Waals surface area contributed by atoms with Crippen LogP contribution in [0, 0.1) is 19.8 Å². The summed E-state index contributed by atoms with van der Waals surface area (Å²) in [6, 6.07) is 13.3. The van der Waals surface area contributed by atoms with Crippen LogP contribution < -0.4 is 0 Å². The van der Waals surface area contributed by atoms with Gasteiger partial charge in [-0.05, 0) is 87.8 Å². The van der Waals surface area contributed by atoms with Gasteiger partial charge in [0, 0.05) is 0 Å². The van der Waals surface area contributed by atoms with Gasteiger partial charge in [-0.25, -0.2) is 0 Å². The first-order valence-electron chi connectivity index (χ1n) is 10.6. The smallest absolute Gasteiger partial charge is 0.118 e. The molecule has 0 unspecified atom stereocenters. The van der Waals surface area contributed by atoms with E-state index in [1.807, 2.05) is 13.8 Å². The highest BCUT2D eigenvalue weighted by molar-refractivity contribution is 5.50. The zero-order valence-electron chi connectivity index (χ0n) is 17.7. The van der Waals surface area contributed by atoms with E-state index in [1.165, 1.54) is 22.3 Å². The van der Waals surface area contributed by atoms with Crippen molar-refractivity contribution in [1.29, 1.82) is 0 Å². The molecule has 1 N–H and O–H groups in total. The molecule has 1 fully saturated rings. The third-order valence-electron chi connectivity index (χ3n) is 6.32. The largest absolute Gasteiger partial charge is 0.380 e. The summed E-state index contributed by atoms with van der Waals surface area (Å²) in [6.07, 6.45) is 4.13. The fourth-order valence-corrected chi connectivity index (χ4v) is 4.88. The summed E-state index contributed by atoms with van der Waals surface area (Å²) in [7, 11) is 2.18. The minimum atomic E-state index is -0.857. The third kappa shape index (κ3) is 3.70. The van der Waals surface area contributed by atoms with Gasteiger partial charge in [0.15, 0.2) is 0 Å². The molecule has 0 atom stereocenters. The summed E-state index contributed by atoms with van der Waals surface area (Å²) in [5.74, 6) is 0.282. The van der Waals surface area contributed by atoms with Crippen LogP contribution in [-0.4, -0.2) is 30.1 Å². The Bertz CT molecular complexity index is 733. The molecule has 4 rings (SSSR count). The molecule has 2 aromatic rings. The molecule has 2 nitrogen and oxygen atoms in total. The van der Waals surface area contributed by atoms with Gasteiger partial charge >= 0.3 is 0 Å². The highest BCUT2D eigenvalue weighted by Gasteiger charge is 2.44. The highest BCUT2D eigenvalue weighted by atomic mass is 16.3. The van der Waals surface area contributed by atoms with E-state index in [0.29, 0.717) is 0 Å². The van der Waals surface area contributed by atoms with Gasteiger partial charge in [0.2, 0.25) is 0 Å². The van der Waals surface area contributed by atoms with E-state index in [4.69, 9.17) is 0 Å². The average molecular weight is 366 g/mol. The summed E-state index contributed by atoms with van der Waals surface area (Å²) in [4.78, 5) is 2.38. The fourth-order valence-electron chi connectivity index (χ4n) is 4.88. The van der Waals surface area contributed by atoms with E-state index in [0.717, 1.165) is 49.9 Å². The second kappa shape index (κ2) is 8.16. The topological polar surface area (TPSA) is 23.5 Å². The van der Waals surface area contributed by atoms with Crippen molar-refractivity contribution in [3.63, 3.8) is 0 Å². The first-order valence-corrected chi connectivity index (χ1v) is 10.6. The zero-order chi connectivity index (χ0) is 19.6. The molecule has 146 valence electrons. The molecule has 0 aromatic heterocycles. The van der Waals surface area contributed by atoms with Gasteiger partial charge in [0.05, 0.1) is 0 Å². The van der Waals surface area contributed by atoms with Crippen LogP contribution in [0.3, 0.4) is 0 Å². The molecule has 2 aliphatic rings. The minimum Gasteiger partial charge on any atom is -0.380 e. The number of rotatable bonds is 1. The quantitative estimate of drug-likeness (QED) is 0.768. The number of aryl methyl sites for hydroxylation is 4. The van der Waals surface area contributed by atoms with Gasteiger partial charge in [-0.3, -0.25) is 0 Å². The van der Waals surface area contributed by atoms with Crippen molar-refractivity contribution in [2.45, 2.75) is 59.0 Å². The molecule has 0 radical (unpaired) electrons. The molecule has 1 heterocycles. The number of nitrogens with zero attached hydrogens (tertiary/aromatic N) is 1. The molecule has 1 saturated heterocycles. The van der Waals surface area contributed by atoms with Crippen molar-refractivity contribution in [1.82, 2.24) is 4.90 Å². The van der Waals surface area contributed by atoms with Gasteiger partial charge < -0.3 is 10.0 Å². The molecule has 0 spiro atoms. The minimum absolute atomic E-state index is 0.282. The molecule has 2 aromatic carbocycles. The molecule has 2 heteroatoms. The van der Waals surface area contributed by atoms with E-state index >= 15 is 0 Å². The lowest BCUT2D eigenvalue weighted by Crippen LogP contribution is -2.43. The summed E-state index contributed by atoms with van der Waals surface area (Å²) >= 11 is 0. The molecule has 1 aliphatic carbocycles. The van der Waals surface area contributed by atoms with Crippen molar-refractivity contribution < 1.29 is 5.11 Å². The molecule has 0 bridgehead atoms. The second-order valence-corrected chi connectivity index (χ2v) is 8.17. The number of benzene rings is 2. The van der Waals surface area contributed by atoms with Crippen LogP contribution in [0.25, 0.3) is 0 Å². The Morgan fingerprint density at radius 1 is 0.852 bits per heavy atom. The maximum absolute atomic E-state index is 12.2. The molecule has 27 heavy (non-hydrogen) atoms. The first-order chi connectivity index (χ1) is 13.0. The predicted octanol–water partition coefficient (Wildman–Crippen LogP) is 5.01. The zero-order valence-corrected chi connectivity index (χ0v) is 17.7. The van der Waals surface area contributed by atoms with Crippen molar-refractivity contribution in [2.24, 2.45) is 5.92 Å². The van der Waals surface area contributed by atoms with Gasteiger partial charge in [-0.1, -0.05) is 61.4 Å². The first kappa shape index (κ1) is 20.1. The predicted molar refractivity (Wildman–Crippen MR) is 114 cm³/mol. The van der Waals surface area contributed by atoms with Crippen LogP contribution in [0.4, 0.5) is 0 Å². The summed E-state index contributed by atoms with van der Waals surface area (Å²) in [5, 5.41) is 12.2. The fraction of sp³-hybridized carbons (Fsp3) is 0.520. The van der Waals surface area contributed by atoms with Gasteiger partial charge in [-0.2, -0.15) is 0 Å². The molecular formula is C25H35NO. The van der Waals surface area contributed by atoms with E-state index in [9.17, 15) is 5.11 Å². The summed E-state index contributed by atoms with van der Waals surface area (Å²) in [5.41, 5.74) is 6.67. The third-order valence-corrected chi connectivity index (χ3v) is 6.32. The number of fused-ring (bicyclic) bond motifs is 2. The summed E-state index contributed by atoms with van der Waals surface area (Å²) < 4.78 is 0. The molecule has 0 amide bonds. The average Bonchev–Trinajstić information content (AvgIpc) is 2.79. The van der Waals surface area contributed by atoms with Crippen molar-refractivity contribution >= 4 is 0 Å². The maximum Gasteiger partial charge on any atom is 0.118 e. The lowest BCUT2D eigenvalue weighted by Gasteiger charge is -2.42. The van der Waals surface area contributed by atoms with Crippen LogP contribution in [0.1, 0.15) is 60.1 Å². The molecule has 1 aliphatic heterocycles. The van der Waals surface area contributed by atoms with Gasteiger partial charge in [-0.15, -0.1) is 0 Å². The molecule has 0 saturated carbocycles. The van der Waals surface area contributed by atoms with Crippen molar-refractivity contribution in [2.75, 3.05) is 20.1 Å². The summed E-state index contributed by atoms with van der Waals surface area (Å²) in [6.45, 7) is 10.4. The number of piperidine rings is 1. The maximum atomic E-state index is 12.2. The van der Waals surface area contributed by atoms with Crippen LogP contribution in [0.2, 0.25) is 0 Å². The lowest BCUT2D eigenvalue weighted by molar-refractivity contribution is -0.0114. The Kier molecular flexibility index (Phi) is 6.08. The molecular weight excluding hydrogens is 330 g/mol. The van der Waals surface area contributed by atoms with Crippen LogP contribution in [-0.2, 0) is 18.4 Å². The monoisotopic (exact) mass is 365 g/mol. The normalized spacial score (nSPS) is 19.3. The standard InChI is InChI=1S/C23H29NO.C2H6/c1-16-4-8-21-18(14-16)6-7-19-15-17(2)5-9-22(19)23(21,25)20-10-12-24(3)13-11-20;1-2/h4-5,8-9,14-15,20,25H,6-7,10-13H2,1-3H3;1-2H3. The lowest BCUT2D eigenvalue weighted by atomic mass is 9.70. The Morgan fingerprint density at radius 2 is 1.30 bits per heavy atom. The van der Waals surface area contributed by atoms with Crippen LogP contribution in [0.5, 0.6) is 0 Å². The Labute approximate surface area is 165 Å². The highest BCUT2D eigenvalue weighted by Crippen LogP contribution is 2.46. The van der Waals surface area contributed by atoms with E-state index in [-0.39, 0.29) is 5.92 Å². The van der Waals surface area contributed by atoms with E-state index in [2.05, 4.69) is 62.2 Å². The van der Waals surface area contributed by atoms with E-state index < -0.39 is 5.60 Å². The SMILES string of the molecule is CC.Cc1ccc2c(c1)CCc1cc(C)ccc1C2(O)C1CCN(C)CC1. The van der Waals surface area contributed by atoms with Gasteiger partial charge in [0.1, 0.15) is 5.60 Å². The van der Waals surface area contributed by atoms with Gasteiger partial charge in [0.25, 0.3) is 0 Å². The van der Waals surface area contributed by atoms with Crippen LogP contribution >= 0.6 is 0 Å². The number of hydrogen-bond donors (Lipinski definition) is 1. The Balaban J connectivity index is 0.00000102. The number of likely N-dealkylation sites (tertiary alicyclic amines) is 1. The van der Waals surface area contributed by atoms with Crippen molar-refractivity contribution in [3.8, 4) is 0 Å². The number of hydrogen-bond acceptors (Lipinski definition) is 2.